The van der Waals surface area contributed by atoms with E-state index in [9.17, 15) is 19.8 Å². The number of anilines is 1. The number of hydrogen-bond donors (Lipinski definition) is 2. The van der Waals surface area contributed by atoms with E-state index in [1.165, 1.54) is 4.90 Å². The third-order valence-electron chi connectivity index (χ3n) is 5.67. The number of carboxylic acids is 1. The maximum atomic E-state index is 11.8. The molecule has 2 fully saturated rings. The van der Waals surface area contributed by atoms with Crippen molar-refractivity contribution in [3.05, 3.63) is 22.9 Å². The number of piperazine rings is 1. The molecule has 3 heterocycles. The molecule has 3 atom stereocenters. The van der Waals surface area contributed by atoms with E-state index in [-0.39, 0.29) is 23.8 Å². The topological polar surface area (TPSA) is 103 Å². The van der Waals surface area contributed by atoms with E-state index in [2.05, 4.69) is 4.90 Å². The lowest BCUT2D eigenvalue weighted by atomic mass is 10.0. The summed E-state index contributed by atoms with van der Waals surface area (Å²) in [7, 11) is 1.60. The number of amides is 1. The lowest BCUT2D eigenvalue weighted by molar-refractivity contribution is 0.0649. The van der Waals surface area contributed by atoms with Crippen LogP contribution in [0.15, 0.2) is 6.07 Å². The van der Waals surface area contributed by atoms with Gasteiger partial charge in [-0.05, 0) is 43.7 Å². The fraction of sp³-hybridized carbons (Fsp3) is 0.611. The van der Waals surface area contributed by atoms with Crippen molar-refractivity contribution in [2.24, 2.45) is 5.92 Å². The lowest BCUT2D eigenvalue weighted by Crippen LogP contribution is -2.58. The largest absolute Gasteiger partial charge is 0.478 e. The van der Waals surface area contributed by atoms with Crippen molar-refractivity contribution < 1.29 is 24.5 Å². The van der Waals surface area contributed by atoms with Gasteiger partial charge in [0.25, 0.3) is 0 Å². The molecule has 0 spiro atoms. The van der Waals surface area contributed by atoms with Gasteiger partial charge in [0.1, 0.15) is 11.9 Å². The van der Waals surface area contributed by atoms with Crippen molar-refractivity contribution >= 4 is 17.9 Å². The van der Waals surface area contributed by atoms with Crippen LogP contribution in [0, 0.1) is 5.92 Å². The van der Waals surface area contributed by atoms with Gasteiger partial charge >= 0.3 is 12.1 Å². The minimum atomic E-state index is -0.997. The monoisotopic (exact) mass is 361 g/mol. The number of pyridine rings is 1. The first kappa shape index (κ1) is 17.1. The third-order valence-corrected chi connectivity index (χ3v) is 5.67. The summed E-state index contributed by atoms with van der Waals surface area (Å²) in [5.74, 6) is 0.112. The Hall–Kier alpha value is -2.35. The number of hydrogen-bond acceptors (Lipinski definition) is 5. The van der Waals surface area contributed by atoms with Crippen LogP contribution in [-0.4, -0.2) is 64.4 Å². The molecule has 1 aliphatic carbocycles. The molecule has 1 amide bonds. The van der Waals surface area contributed by atoms with E-state index < -0.39 is 12.1 Å². The van der Waals surface area contributed by atoms with Gasteiger partial charge < -0.3 is 24.7 Å². The minimum absolute atomic E-state index is 0.00355. The highest BCUT2D eigenvalue weighted by Gasteiger charge is 2.43. The molecule has 8 heteroatoms. The Morgan fingerprint density at radius 1 is 1.31 bits per heavy atom. The second-order valence-electron chi connectivity index (χ2n) is 7.50. The SMILES string of the molecule is COC(c1nc2c(cc1C(=O)O)C[C@@H]1CN(C(=O)O)C[C@@H](C)N21)C1CC1. The summed E-state index contributed by atoms with van der Waals surface area (Å²) >= 11 is 0. The molecule has 0 bridgehead atoms. The molecular weight excluding hydrogens is 338 g/mol. The van der Waals surface area contributed by atoms with E-state index in [1.54, 1.807) is 13.2 Å². The van der Waals surface area contributed by atoms with Gasteiger partial charge in [0.05, 0.1) is 17.3 Å². The van der Waals surface area contributed by atoms with E-state index in [1.807, 2.05) is 6.92 Å². The summed E-state index contributed by atoms with van der Waals surface area (Å²) in [6, 6.07) is 1.70. The van der Waals surface area contributed by atoms with E-state index in [4.69, 9.17) is 9.72 Å². The number of aromatic nitrogens is 1. The molecule has 1 saturated heterocycles. The molecule has 0 aromatic carbocycles. The number of carbonyl (C=O) groups is 2. The number of methoxy groups -OCH3 is 1. The zero-order chi connectivity index (χ0) is 18.6. The van der Waals surface area contributed by atoms with Crippen LogP contribution in [0.4, 0.5) is 10.6 Å². The highest BCUT2D eigenvalue weighted by Crippen LogP contribution is 2.45. The fourth-order valence-corrected chi connectivity index (χ4v) is 4.39. The molecule has 8 nitrogen and oxygen atoms in total. The van der Waals surface area contributed by atoms with Gasteiger partial charge in [0.15, 0.2) is 0 Å². The molecule has 2 aliphatic heterocycles. The zero-order valence-corrected chi connectivity index (χ0v) is 14.9. The predicted octanol–water partition coefficient (Wildman–Crippen LogP) is 1.99. The Morgan fingerprint density at radius 2 is 2.04 bits per heavy atom. The maximum absolute atomic E-state index is 11.8. The van der Waals surface area contributed by atoms with Crippen LogP contribution < -0.4 is 4.90 Å². The van der Waals surface area contributed by atoms with Crippen LogP contribution in [-0.2, 0) is 11.2 Å². The number of rotatable bonds is 4. The second kappa shape index (κ2) is 6.12. The van der Waals surface area contributed by atoms with Crippen molar-refractivity contribution in [1.82, 2.24) is 9.88 Å². The summed E-state index contributed by atoms with van der Waals surface area (Å²) in [5, 5.41) is 19.0. The summed E-state index contributed by atoms with van der Waals surface area (Å²) in [5.41, 5.74) is 1.57. The van der Waals surface area contributed by atoms with Gasteiger partial charge in [-0.2, -0.15) is 0 Å². The smallest absolute Gasteiger partial charge is 0.407 e. The Labute approximate surface area is 151 Å². The number of nitrogens with zero attached hydrogens (tertiary/aromatic N) is 3. The quantitative estimate of drug-likeness (QED) is 0.845. The molecule has 1 saturated carbocycles. The molecule has 1 aromatic heterocycles. The molecule has 1 unspecified atom stereocenters. The minimum Gasteiger partial charge on any atom is -0.478 e. The number of ether oxygens (including phenoxy) is 1. The van der Waals surface area contributed by atoms with Gasteiger partial charge in [-0.25, -0.2) is 14.6 Å². The van der Waals surface area contributed by atoms with Crippen molar-refractivity contribution in [2.45, 2.75) is 44.4 Å². The third kappa shape index (κ3) is 2.68. The standard InChI is InChI=1S/C18H23N3O5/c1-9-7-20(18(24)25)8-12-5-11-6-13(17(22)23)14(19-16(11)21(9)12)15(26-2)10-3-4-10/h6,9-10,12,15H,3-5,7-8H2,1-2H3,(H,22,23)(H,24,25)/t9-,12-,15?/m1/s1. The van der Waals surface area contributed by atoms with Gasteiger partial charge in [0, 0.05) is 26.2 Å². The summed E-state index contributed by atoms with van der Waals surface area (Å²) in [6.45, 7) is 2.81. The van der Waals surface area contributed by atoms with Crippen molar-refractivity contribution in [2.75, 3.05) is 25.1 Å². The second-order valence-corrected chi connectivity index (χ2v) is 7.50. The number of carboxylic acid groups (broad SMARTS) is 2. The Balaban J connectivity index is 1.74. The fourth-order valence-electron chi connectivity index (χ4n) is 4.39. The first-order chi connectivity index (χ1) is 12.4. The van der Waals surface area contributed by atoms with E-state index in [0.717, 1.165) is 24.2 Å². The van der Waals surface area contributed by atoms with E-state index >= 15 is 0 Å². The highest BCUT2D eigenvalue weighted by molar-refractivity contribution is 5.90. The Kier molecular flexibility index (Phi) is 4.02. The number of aromatic carboxylic acids is 1. The molecule has 0 radical (unpaired) electrons. The summed E-state index contributed by atoms with van der Waals surface area (Å²) < 4.78 is 5.59. The molecule has 1 aromatic rings. The molecule has 2 N–H and O–H groups in total. The first-order valence-corrected chi connectivity index (χ1v) is 8.96. The zero-order valence-electron chi connectivity index (χ0n) is 14.9. The van der Waals surface area contributed by atoms with Crippen LogP contribution in [0.25, 0.3) is 0 Å². The van der Waals surface area contributed by atoms with Crippen LogP contribution in [0.5, 0.6) is 0 Å². The number of fused-ring (bicyclic) bond motifs is 3. The van der Waals surface area contributed by atoms with Gasteiger partial charge in [0.2, 0.25) is 0 Å². The lowest BCUT2D eigenvalue weighted by Gasteiger charge is -2.42. The maximum Gasteiger partial charge on any atom is 0.407 e. The Morgan fingerprint density at radius 3 is 2.62 bits per heavy atom. The molecule has 140 valence electrons. The summed E-state index contributed by atoms with van der Waals surface area (Å²) in [4.78, 5) is 31.5. The van der Waals surface area contributed by atoms with Crippen LogP contribution >= 0.6 is 0 Å². The van der Waals surface area contributed by atoms with Crippen molar-refractivity contribution in [3.8, 4) is 0 Å². The van der Waals surface area contributed by atoms with Gasteiger partial charge in [-0.3, -0.25) is 0 Å². The Bertz CT molecular complexity index is 763. The van der Waals surface area contributed by atoms with E-state index in [0.29, 0.717) is 31.1 Å². The van der Waals surface area contributed by atoms with Crippen LogP contribution in [0.2, 0.25) is 0 Å². The molecule has 4 rings (SSSR count). The van der Waals surface area contributed by atoms with Crippen molar-refractivity contribution in [1.29, 1.82) is 0 Å². The average Bonchev–Trinajstić information content (AvgIpc) is 3.34. The molecule has 3 aliphatic rings. The van der Waals surface area contributed by atoms with Crippen LogP contribution in [0.3, 0.4) is 0 Å². The van der Waals surface area contributed by atoms with Gasteiger partial charge in [-0.15, -0.1) is 0 Å². The first-order valence-electron chi connectivity index (χ1n) is 8.96. The van der Waals surface area contributed by atoms with Gasteiger partial charge in [-0.1, -0.05) is 0 Å². The van der Waals surface area contributed by atoms with Crippen LogP contribution in [0.1, 0.15) is 47.5 Å². The normalized spacial score (nSPS) is 25.6. The highest BCUT2D eigenvalue weighted by atomic mass is 16.5. The molecular formula is C18H23N3O5. The summed E-state index contributed by atoms with van der Waals surface area (Å²) in [6.07, 6.45) is 1.43. The predicted molar refractivity (Wildman–Crippen MR) is 92.7 cm³/mol. The van der Waals surface area contributed by atoms with Crippen molar-refractivity contribution in [3.63, 3.8) is 0 Å². The average molecular weight is 361 g/mol. The molecule has 26 heavy (non-hydrogen) atoms.